The molecule has 14 heteroatoms. The van der Waals surface area contributed by atoms with Gasteiger partial charge in [-0.05, 0) is 24.6 Å². The maximum Gasteiger partial charge on any atom is 0.271 e. The number of sulfonamides is 1. The van der Waals surface area contributed by atoms with Crippen LogP contribution in [0.5, 0.6) is 5.75 Å². The lowest BCUT2D eigenvalue weighted by atomic mass is 10.2. The predicted molar refractivity (Wildman–Crippen MR) is 130 cm³/mol. The summed E-state index contributed by atoms with van der Waals surface area (Å²) in [5.41, 5.74) is 0.545. The van der Waals surface area contributed by atoms with Gasteiger partial charge in [0.1, 0.15) is 16.4 Å². The third-order valence-corrected chi connectivity index (χ3v) is 6.89. The molecular weight excluding hydrogens is 506 g/mol. The van der Waals surface area contributed by atoms with E-state index < -0.39 is 14.9 Å². The number of non-ortho nitro benzene ring substituents is 1. The molecule has 1 amide bonds. The highest BCUT2D eigenvalue weighted by Crippen LogP contribution is 2.34. The van der Waals surface area contributed by atoms with Crippen molar-refractivity contribution in [1.82, 2.24) is 10.2 Å². The van der Waals surface area contributed by atoms with Crippen LogP contribution in [0.3, 0.4) is 0 Å². The summed E-state index contributed by atoms with van der Waals surface area (Å²) in [4.78, 5) is 22.9. The van der Waals surface area contributed by atoms with Crippen molar-refractivity contribution < 1.29 is 22.9 Å². The van der Waals surface area contributed by atoms with Crippen molar-refractivity contribution in [3.63, 3.8) is 0 Å². The highest BCUT2D eigenvalue weighted by Gasteiger charge is 2.24. The Hall–Kier alpha value is -3.29. The summed E-state index contributed by atoms with van der Waals surface area (Å²) >= 11 is 7.07. The Labute approximate surface area is 204 Å². The number of ether oxygens (including phenoxy) is 1. The summed E-state index contributed by atoms with van der Waals surface area (Å²) in [6.45, 7) is -0.0874. The van der Waals surface area contributed by atoms with E-state index in [2.05, 4.69) is 15.5 Å². The topological polar surface area (TPSA) is 145 Å². The van der Waals surface area contributed by atoms with Gasteiger partial charge in [-0.25, -0.2) is 8.42 Å². The number of nitrogens with one attached hydrogen (secondary N) is 1. The molecule has 0 unspecified atom stereocenters. The van der Waals surface area contributed by atoms with Crippen molar-refractivity contribution in [3.8, 4) is 16.3 Å². The molecule has 1 heterocycles. The summed E-state index contributed by atoms with van der Waals surface area (Å²) in [6.07, 6.45) is 1.11. The van der Waals surface area contributed by atoms with Crippen molar-refractivity contribution in [1.29, 1.82) is 0 Å². The SMILES string of the molecule is COc1ccc([N+](=O)[O-])cc1N(CCCC(=O)Nc1nnc(-c2ccc(Cl)cc2)s1)S(C)(=O)=O. The fourth-order valence-corrected chi connectivity index (χ4v) is 4.85. The van der Waals surface area contributed by atoms with E-state index in [1.807, 2.05) is 0 Å². The first-order valence-electron chi connectivity index (χ1n) is 9.78. The van der Waals surface area contributed by atoms with Gasteiger partial charge in [-0.2, -0.15) is 0 Å². The van der Waals surface area contributed by atoms with Gasteiger partial charge in [-0.3, -0.25) is 19.2 Å². The largest absolute Gasteiger partial charge is 0.495 e. The zero-order valence-corrected chi connectivity index (χ0v) is 20.5. The number of nitrogens with zero attached hydrogens (tertiary/aromatic N) is 4. The second kappa shape index (κ2) is 10.8. The summed E-state index contributed by atoms with van der Waals surface area (Å²) in [5.74, 6) is -0.220. The first kappa shape index (κ1) is 25.3. The number of hydrogen-bond donors (Lipinski definition) is 1. The molecule has 0 aliphatic rings. The molecule has 0 radical (unpaired) electrons. The van der Waals surface area contributed by atoms with Crippen LogP contribution in [0.4, 0.5) is 16.5 Å². The first-order valence-corrected chi connectivity index (χ1v) is 12.8. The number of rotatable bonds is 10. The highest BCUT2D eigenvalue weighted by atomic mass is 35.5. The van der Waals surface area contributed by atoms with Gasteiger partial charge in [0.05, 0.1) is 18.3 Å². The van der Waals surface area contributed by atoms with Crippen LogP contribution in [0.2, 0.25) is 5.02 Å². The monoisotopic (exact) mass is 525 g/mol. The van der Waals surface area contributed by atoms with Crippen LogP contribution in [0, 0.1) is 10.1 Å². The molecule has 0 spiro atoms. The van der Waals surface area contributed by atoms with Gasteiger partial charge in [-0.1, -0.05) is 35.1 Å². The van der Waals surface area contributed by atoms with E-state index >= 15 is 0 Å². The quantitative estimate of drug-likeness (QED) is 0.309. The molecule has 0 atom stereocenters. The van der Waals surface area contributed by atoms with Gasteiger partial charge in [0, 0.05) is 35.7 Å². The van der Waals surface area contributed by atoms with Gasteiger partial charge in [-0.15, -0.1) is 10.2 Å². The average molecular weight is 526 g/mol. The lowest BCUT2D eigenvalue weighted by Crippen LogP contribution is -2.32. The zero-order valence-electron chi connectivity index (χ0n) is 18.1. The van der Waals surface area contributed by atoms with E-state index in [0.29, 0.717) is 15.2 Å². The van der Waals surface area contributed by atoms with E-state index in [1.54, 1.807) is 24.3 Å². The van der Waals surface area contributed by atoms with Gasteiger partial charge in [0.2, 0.25) is 21.1 Å². The van der Waals surface area contributed by atoms with E-state index in [0.717, 1.165) is 22.2 Å². The summed E-state index contributed by atoms with van der Waals surface area (Å²) < 4.78 is 30.9. The Kier molecular flexibility index (Phi) is 8.02. The van der Waals surface area contributed by atoms with E-state index in [-0.39, 0.29) is 42.4 Å². The fraction of sp³-hybridized carbons (Fsp3) is 0.250. The van der Waals surface area contributed by atoms with Crippen LogP contribution >= 0.6 is 22.9 Å². The second-order valence-electron chi connectivity index (χ2n) is 7.02. The molecule has 180 valence electrons. The lowest BCUT2D eigenvalue weighted by molar-refractivity contribution is -0.384. The van der Waals surface area contributed by atoms with Crippen LogP contribution in [0.25, 0.3) is 10.6 Å². The summed E-state index contributed by atoms with van der Waals surface area (Å²) in [5, 5.41) is 23.3. The maximum atomic E-state index is 12.4. The zero-order chi connectivity index (χ0) is 24.9. The van der Waals surface area contributed by atoms with Crippen molar-refractivity contribution >= 4 is 55.4 Å². The lowest BCUT2D eigenvalue weighted by Gasteiger charge is -2.24. The summed E-state index contributed by atoms with van der Waals surface area (Å²) in [6, 6.07) is 10.7. The highest BCUT2D eigenvalue weighted by molar-refractivity contribution is 7.92. The molecule has 2 aromatic carbocycles. The number of amides is 1. The van der Waals surface area contributed by atoms with Crippen LogP contribution in [0.15, 0.2) is 42.5 Å². The predicted octanol–water partition coefficient (Wildman–Crippen LogP) is 3.96. The van der Waals surface area contributed by atoms with Gasteiger partial charge >= 0.3 is 0 Å². The number of aromatic nitrogens is 2. The molecule has 0 aliphatic heterocycles. The van der Waals surface area contributed by atoms with Crippen LogP contribution in [-0.4, -0.2) is 49.4 Å². The van der Waals surface area contributed by atoms with Crippen LogP contribution in [-0.2, 0) is 14.8 Å². The molecule has 1 aromatic heterocycles. The van der Waals surface area contributed by atoms with E-state index in [4.69, 9.17) is 16.3 Å². The third kappa shape index (κ3) is 6.40. The Morgan fingerprint density at radius 2 is 1.94 bits per heavy atom. The number of hydrogen-bond acceptors (Lipinski definition) is 9. The normalized spacial score (nSPS) is 11.1. The summed E-state index contributed by atoms with van der Waals surface area (Å²) in [7, 11) is -2.48. The number of carbonyl (C=O) groups is 1. The molecule has 1 N–H and O–H groups in total. The number of methoxy groups -OCH3 is 1. The molecule has 3 aromatic rings. The van der Waals surface area contributed by atoms with E-state index in [1.165, 1.54) is 30.6 Å². The number of halogens is 1. The molecule has 0 bridgehead atoms. The molecule has 0 saturated carbocycles. The maximum absolute atomic E-state index is 12.4. The van der Waals surface area contributed by atoms with Crippen molar-refractivity contribution in [3.05, 3.63) is 57.6 Å². The number of benzene rings is 2. The number of nitro benzene ring substituents is 1. The Morgan fingerprint density at radius 3 is 2.56 bits per heavy atom. The van der Waals surface area contributed by atoms with Gasteiger partial charge < -0.3 is 10.1 Å². The molecule has 0 aliphatic carbocycles. The third-order valence-electron chi connectivity index (χ3n) is 4.57. The Bertz CT molecular complexity index is 1300. The molecule has 11 nitrogen and oxygen atoms in total. The number of nitro groups is 1. The Balaban J connectivity index is 1.66. The van der Waals surface area contributed by atoms with Crippen molar-refractivity contribution in [2.75, 3.05) is 29.5 Å². The van der Waals surface area contributed by atoms with Crippen LogP contribution in [0.1, 0.15) is 12.8 Å². The van der Waals surface area contributed by atoms with Gasteiger partial charge in [0.25, 0.3) is 5.69 Å². The van der Waals surface area contributed by atoms with E-state index in [9.17, 15) is 23.3 Å². The standard InChI is InChI=1S/C20H20ClN5O6S2/c1-32-17-10-9-15(26(28)29)12-16(17)25(34(2,30)31)11-3-4-18(27)22-20-24-23-19(33-20)13-5-7-14(21)8-6-13/h5-10,12H,3-4,11H2,1-2H3,(H,22,24,27). The van der Waals surface area contributed by atoms with Crippen molar-refractivity contribution in [2.45, 2.75) is 12.8 Å². The number of anilines is 2. The smallest absolute Gasteiger partial charge is 0.271 e. The minimum atomic E-state index is -3.81. The minimum absolute atomic E-state index is 0.0148. The molecule has 3 rings (SSSR count). The molecule has 0 saturated heterocycles. The van der Waals surface area contributed by atoms with Crippen molar-refractivity contribution in [2.24, 2.45) is 0 Å². The Morgan fingerprint density at radius 1 is 1.24 bits per heavy atom. The second-order valence-corrected chi connectivity index (χ2v) is 10.3. The minimum Gasteiger partial charge on any atom is -0.495 e. The molecule has 0 fully saturated rings. The first-order chi connectivity index (χ1) is 16.1. The molecule has 34 heavy (non-hydrogen) atoms. The average Bonchev–Trinajstić information content (AvgIpc) is 3.24. The fourth-order valence-electron chi connectivity index (χ4n) is 3.00. The molecular formula is C20H20ClN5O6S2. The number of carbonyl (C=O) groups excluding carboxylic acids is 1. The van der Waals surface area contributed by atoms with Gasteiger partial charge in [0.15, 0.2) is 0 Å². The van der Waals surface area contributed by atoms with Crippen LogP contribution < -0.4 is 14.4 Å².